The molecule has 2 N–H and O–H groups in total. The molecule has 1 aromatic heterocycles. The standard InChI is InChI=1S/C12H15N3O2/c1-2-16-8-10(13)11-14-12(17-15-11)9-6-4-3-5-7-9/h3-7,10H,2,8,13H2,1H3. The molecule has 0 spiro atoms. The molecule has 0 saturated heterocycles. The average Bonchev–Trinajstić information content (AvgIpc) is 2.86. The lowest BCUT2D eigenvalue weighted by atomic mass is 10.2. The second-order valence-corrected chi connectivity index (χ2v) is 3.59. The number of rotatable bonds is 5. The average molecular weight is 233 g/mol. The minimum absolute atomic E-state index is 0.351. The van der Waals surface area contributed by atoms with E-state index in [0.29, 0.717) is 24.9 Å². The van der Waals surface area contributed by atoms with Gasteiger partial charge in [-0.05, 0) is 19.1 Å². The Morgan fingerprint density at radius 3 is 2.82 bits per heavy atom. The Morgan fingerprint density at radius 1 is 1.35 bits per heavy atom. The Labute approximate surface area is 99.6 Å². The molecule has 0 aliphatic heterocycles. The molecule has 0 radical (unpaired) electrons. The Balaban J connectivity index is 2.11. The van der Waals surface area contributed by atoms with Gasteiger partial charge in [0.2, 0.25) is 0 Å². The lowest BCUT2D eigenvalue weighted by Crippen LogP contribution is -2.18. The third-order valence-electron chi connectivity index (χ3n) is 2.30. The zero-order valence-corrected chi connectivity index (χ0v) is 9.67. The molecule has 17 heavy (non-hydrogen) atoms. The van der Waals surface area contributed by atoms with E-state index < -0.39 is 0 Å². The third-order valence-corrected chi connectivity index (χ3v) is 2.30. The van der Waals surface area contributed by atoms with Crippen LogP contribution in [-0.4, -0.2) is 23.4 Å². The molecule has 0 aliphatic rings. The first kappa shape index (κ1) is 11.8. The summed E-state index contributed by atoms with van der Waals surface area (Å²) in [6.07, 6.45) is 0. The van der Waals surface area contributed by atoms with Crippen LogP contribution in [0.3, 0.4) is 0 Å². The van der Waals surface area contributed by atoms with Gasteiger partial charge in [-0.15, -0.1) is 0 Å². The van der Waals surface area contributed by atoms with E-state index in [4.69, 9.17) is 15.0 Å². The molecule has 0 saturated carbocycles. The predicted molar refractivity (Wildman–Crippen MR) is 63.2 cm³/mol. The van der Waals surface area contributed by atoms with E-state index in [1.807, 2.05) is 37.3 Å². The van der Waals surface area contributed by atoms with E-state index in [1.54, 1.807) is 0 Å². The summed E-state index contributed by atoms with van der Waals surface area (Å²) >= 11 is 0. The van der Waals surface area contributed by atoms with Crippen LogP contribution in [0.2, 0.25) is 0 Å². The van der Waals surface area contributed by atoms with Crippen LogP contribution in [0.5, 0.6) is 0 Å². The van der Waals surface area contributed by atoms with E-state index in [0.717, 1.165) is 5.56 Å². The number of benzene rings is 1. The van der Waals surface area contributed by atoms with Gasteiger partial charge in [0.1, 0.15) is 0 Å². The number of nitrogens with zero attached hydrogens (tertiary/aromatic N) is 2. The summed E-state index contributed by atoms with van der Waals surface area (Å²) in [6.45, 7) is 2.93. The second kappa shape index (κ2) is 5.56. The highest BCUT2D eigenvalue weighted by molar-refractivity contribution is 5.52. The number of ether oxygens (including phenoxy) is 1. The smallest absolute Gasteiger partial charge is 0.257 e. The zero-order chi connectivity index (χ0) is 12.1. The van der Waals surface area contributed by atoms with Gasteiger partial charge in [-0.1, -0.05) is 23.4 Å². The molecule has 1 heterocycles. The zero-order valence-electron chi connectivity index (χ0n) is 9.67. The van der Waals surface area contributed by atoms with Crippen LogP contribution in [0.25, 0.3) is 11.5 Å². The topological polar surface area (TPSA) is 74.2 Å². The molecule has 5 nitrogen and oxygen atoms in total. The first-order valence-electron chi connectivity index (χ1n) is 5.53. The van der Waals surface area contributed by atoms with Crippen molar-refractivity contribution in [2.24, 2.45) is 5.73 Å². The van der Waals surface area contributed by atoms with Crippen molar-refractivity contribution in [3.8, 4) is 11.5 Å². The highest BCUT2D eigenvalue weighted by atomic mass is 16.5. The van der Waals surface area contributed by atoms with Crippen molar-refractivity contribution in [2.45, 2.75) is 13.0 Å². The molecule has 0 fully saturated rings. The fourth-order valence-electron chi connectivity index (χ4n) is 1.40. The van der Waals surface area contributed by atoms with Gasteiger partial charge in [-0.3, -0.25) is 0 Å². The van der Waals surface area contributed by atoms with Gasteiger partial charge >= 0.3 is 0 Å². The summed E-state index contributed by atoms with van der Waals surface area (Å²) in [5.41, 5.74) is 6.75. The van der Waals surface area contributed by atoms with E-state index >= 15 is 0 Å². The van der Waals surface area contributed by atoms with E-state index in [2.05, 4.69) is 10.1 Å². The monoisotopic (exact) mass is 233 g/mol. The van der Waals surface area contributed by atoms with Crippen LogP contribution in [0.15, 0.2) is 34.9 Å². The summed E-state index contributed by atoms with van der Waals surface area (Å²) < 4.78 is 10.4. The SMILES string of the molecule is CCOCC(N)c1noc(-c2ccccc2)n1. The summed E-state index contributed by atoms with van der Waals surface area (Å²) in [5.74, 6) is 0.949. The molecule has 1 atom stereocenters. The summed E-state index contributed by atoms with van der Waals surface area (Å²) in [4.78, 5) is 4.25. The number of hydrogen-bond donors (Lipinski definition) is 1. The minimum atomic E-state index is -0.351. The van der Waals surface area contributed by atoms with E-state index in [9.17, 15) is 0 Å². The quantitative estimate of drug-likeness (QED) is 0.851. The van der Waals surface area contributed by atoms with Gasteiger partial charge in [0.25, 0.3) is 5.89 Å². The molecule has 2 rings (SSSR count). The van der Waals surface area contributed by atoms with Crippen LogP contribution < -0.4 is 5.73 Å². The molecular weight excluding hydrogens is 218 g/mol. The van der Waals surface area contributed by atoms with Gasteiger partial charge in [0.05, 0.1) is 12.6 Å². The van der Waals surface area contributed by atoms with Crippen molar-refractivity contribution >= 4 is 0 Å². The molecule has 1 aromatic carbocycles. The fraction of sp³-hybridized carbons (Fsp3) is 0.333. The minimum Gasteiger partial charge on any atom is -0.380 e. The Kier molecular flexibility index (Phi) is 3.85. The van der Waals surface area contributed by atoms with Crippen LogP contribution in [-0.2, 0) is 4.74 Å². The van der Waals surface area contributed by atoms with Crippen molar-refractivity contribution in [3.05, 3.63) is 36.2 Å². The largest absolute Gasteiger partial charge is 0.380 e. The van der Waals surface area contributed by atoms with Gasteiger partial charge in [-0.25, -0.2) is 0 Å². The van der Waals surface area contributed by atoms with Gasteiger partial charge in [-0.2, -0.15) is 4.98 Å². The first-order chi connectivity index (χ1) is 8.31. The number of aromatic nitrogens is 2. The normalized spacial score (nSPS) is 12.6. The van der Waals surface area contributed by atoms with Crippen LogP contribution in [0.4, 0.5) is 0 Å². The van der Waals surface area contributed by atoms with Gasteiger partial charge in [0, 0.05) is 12.2 Å². The summed E-state index contributed by atoms with van der Waals surface area (Å²) in [5, 5.41) is 3.85. The Hall–Kier alpha value is -1.72. The fourth-order valence-corrected chi connectivity index (χ4v) is 1.40. The van der Waals surface area contributed by atoms with Crippen molar-refractivity contribution in [3.63, 3.8) is 0 Å². The van der Waals surface area contributed by atoms with Gasteiger partial charge < -0.3 is 15.0 Å². The van der Waals surface area contributed by atoms with Crippen molar-refractivity contribution < 1.29 is 9.26 Å². The Morgan fingerprint density at radius 2 is 2.12 bits per heavy atom. The molecule has 90 valence electrons. The summed E-state index contributed by atoms with van der Waals surface area (Å²) in [6, 6.07) is 9.23. The van der Waals surface area contributed by atoms with Crippen molar-refractivity contribution in [2.75, 3.05) is 13.2 Å². The van der Waals surface area contributed by atoms with E-state index in [1.165, 1.54) is 0 Å². The number of hydrogen-bond acceptors (Lipinski definition) is 5. The summed E-state index contributed by atoms with van der Waals surface area (Å²) in [7, 11) is 0. The predicted octanol–water partition coefficient (Wildman–Crippen LogP) is 1.77. The van der Waals surface area contributed by atoms with Gasteiger partial charge in [0.15, 0.2) is 5.82 Å². The lowest BCUT2D eigenvalue weighted by Gasteiger charge is -2.05. The molecule has 5 heteroatoms. The molecule has 0 bridgehead atoms. The molecular formula is C12H15N3O2. The maximum atomic E-state index is 5.86. The maximum Gasteiger partial charge on any atom is 0.257 e. The maximum absolute atomic E-state index is 5.86. The molecule has 2 aromatic rings. The number of nitrogens with two attached hydrogens (primary N) is 1. The Bertz CT molecular complexity index is 456. The lowest BCUT2D eigenvalue weighted by molar-refractivity contribution is 0.130. The highest BCUT2D eigenvalue weighted by Crippen LogP contribution is 2.18. The second-order valence-electron chi connectivity index (χ2n) is 3.59. The molecule has 0 amide bonds. The van der Waals surface area contributed by atoms with Crippen LogP contribution in [0, 0.1) is 0 Å². The third kappa shape index (κ3) is 2.89. The van der Waals surface area contributed by atoms with Crippen LogP contribution in [0.1, 0.15) is 18.8 Å². The van der Waals surface area contributed by atoms with Crippen LogP contribution >= 0.6 is 0 Å². The first-order valence-corrected chi connectivity index (χ1v) is 5.53. The molecule has 0 aliphatic carbocycles. The van der Waals surface area contributed by atoms with E-state index in [-0.39, 0.29) is 6.04 Å². The highest BCUT2D eigenvalue weighted by Gasteiger charge is 2.14. The van der Waals surface area contributed by atoms with Crippen molar-refractivity contribution in [1.82, 2.24) is 10.1 Å². The van der Waals surface area contributed by atoms with Crippen molar-refractivity contribution in [1.29, 1.82) is 0 Å². The molecule has 1 unspecified atom stereocenters.